The van der Waals surface area contributed by atoms with Gasteiger partial charge in [0, 0.05) is 17.5 Å². The average molecular weight is 460 g/mol. The Hall–Kier alpha value is -2.25. The quantitative estimate of drug-likeness (QED) is 0.613. The number of hydrogen-bond acceptors (Lipinski definition) is 4. The number of hydrogen-bond donors (Lipinski definition) is 1. The number of ether oxygens (including phenoxy) is 3. The van der Waals surface area contributed by atoms with Gasteiger partial charge in [0.2, 0.25) is 0 Å². The lowest BCUT2D eigenvalue weighted by atomic mass is 9.67. The van der Waals surface area contributed by atoms with Gasteiger partial charge in [0.15, 0.2) is 0 Å². The van der Waals surface area contributed by atoms with E-state index in [-0.39, 0.29) is 23.3 Å². The monoisotopic (exact) mass is 459 g/mol. The first-order valence-corrected chi connectivity index (χ1v) is 11.9. The van der Waals surface area contributed by atoms with E-state index in [4.69, 9.17) is 9.47 Å². The SMILES string of the molecule is FC(F)(F)Oc1ccc(OC2CC2)c([C@H]2CO[C@]3(CC[C@@H]4CC[C@]3(c3ccccc3)N4)C2)c1. The number of benzene rings is 2. The number of rotatable bonds is 5. The van der Waals surface area contributed by atoms with Gasteiger partial charge >= 0.3 is 6.36 Å². The molecule has 3 heterocycles. The summed E-state index contributed by atoms with van der Waals surface area (Å²) < 4.78 is 55.7. The summed E-state index contributed by atoms with van der Waals surface area (Å²) in [5, 5.41) is 3.89. The van der Waals surface area contributed by atoms with E-state index in [1.807, 2.05) is 6.07 Å². The minimum atomic E-state index is -4.73. The van der Waals surface area contributed by atoms with Crippen molar-refractivity contribution in [2.45, 2.75) is 80.5 Å². The Balaban J connectivity index is 1.35. The zero-order valence-electron chi connectivity index (χ0n) is 18.4. The largest absolute Gasteiger partial charge is 0.573 e. The molecule has 4 fully saturated rings. The van der Waals surface area contributed by atoms with Crippen molar-refractivity contribution >= 4 is 0 Å². The molecule has 3 saturated heterocycles. The van der Waals surface area contributed by atoms with Crippen LogP contribution in [0.3, 0.4) is 0 Å². The number of halogens is 3. The third kappa shape index (κ3) is 3.79. The average Bonchev–Trinajstić information content (AvgIpc) is 3.37. The molecule has 0 unspecified atom stereocenters. The number of fused-ring (bicyclic) bond motifs is 3. The predicted octanol–water partition coefficient (Wildman–Crippen LogP) is 5.81. The third-order valence-electron chi connectivity index (χ3n) is 7.87. The number of nitrogens with one attached hydrogen (secondary N) is 1. The maximum atomic E-state index is 12.9. The minimum Gasteiger partial charge on any atom is -0.490 e. The van der Waals surface area contributed by atoms with Crippen molar-refractivity contribution in [2.24, 2.45) is 0 Å². The highest BCUT2D eigenvalue weighted by molar-refractivity contribution is 5.45. The molecule has 1 saturated carbocycles. The van der Waals surface area contributed by atoms with Crippen LogP contribution in [0.4, 0.5) is 13.2 Å². The van der Waals surface area contributed by atoms with Crippen molar-refractivity contribution in [3.8, 4) is 11.5 Å². The molecule has 33 heavy (non-hydrogen) atoms. The van der Waals surface area contributed by atoms with E-state index in [1.54, 1.807) is 6.07 Å². The van der Waals surface area contributed by atoms with Crippen LogP contribution < -0.4 is 14.8 Å². The Bertz CT molecular complexity index is 1030. The molecule has 3 aliphatic heterocycles. The molecule has 2 aromatic rings. The van der Waals surface area contributed by atoms with Gasteiger partial charge in [-0.2, -0.15) is 0 Å². The smallest absolute Gasteiger partial charge is 0.490 e. The van der Waals surface area contributed by atoms with E-state index in [0.717, 1.165) is 50.5 Å². The van der Waals surface area contributed by atoms with Crippen LogP contribution in [0.1, 0.15) is 62.0 Å². The molecule has 0 amide bonds. The van der Waals surface area contributed by atoms with Gasteiger partial charge in [0.25, 0.3) is 0 Å². The lowest BCUT2D eigenvalue weighted by Crippen LogP contribution is -2.61. The van der Waals surface area contributed by atoms with Crippen LogP contribution in [0.2, 0.25) is 0 Å². The maximum absolute atomic E-state index is 12.9. The fraction of sp³-hybridized carbons (Fsp3) is 0.538. The standard InChI is InChI=1S/C26H28F3NO3/c27-26(28,29)33-21-8-9-23(32-20-6-7-20)22(14-21)17-15-24(31-16-17)12-10-19-11-13-25(24,30-19)18-4-2-1-3-5-18/h1-5,8-9,14,17,19-20,30H,6-7,10-13,15-16H2/t17-,19-,24-,25-/m1/s1. The molecule has 4 nitrogen and oxygen atoms in total. The van der Waals surface area contributed by atoms with Gasteiger partial charge in [-0.15, -0.1) is 13.2 Å². The molecule has 6 rings (SSSR count). The van der Waals surface area contributed by atoms with E-state index < -0.39 is 12.0 Å². The zero-order valence-corrected chi connectivity index (χ0v) is 18.4. The second-order valence-corrected chi connectivity index (χ2v) is 9.96. The molecule has 1 spiro atoms. The highest BCUT2D eigenvalue weighted by atomic mass is 19.4. The van der Waals surface area contributed by atoms with E-state index in [9.17, 15) is 13.2 Å². The summed E-state index contributed by atoms with van der Waals surface area (Å²) >= 11 is 0. The van der Waals surface area contributed by atoms with Gasteiger partial charge in [0.05, 0.1) is 23.9 Å². The van der Waals surface area contributed by atoms with Gasteiger partial charge in [-0.25, -0.2) is 0 Å². The summed E-state index contributed by atoms with van der Waals surface area (Å²) in [6, 6.07) is 15.4. The van der Waals surface area contributed by atoms with Crippen molar-refractivity contribution in [2.75, 3.05) is 6.61 Å². The molecule has 1 aliphatic carbocycles. The molecule has 0 aromatic heterocycles. The van der Waals surface area contributed by atoms with Crippen LogP contribution in [0, 0.1) is 0 Å². The normalized spacial score (nSPS) is 33.4. The summed E-state index contributed by atoms with van der Waals surface area (Å²) in [5.41, 5.74) is 1.31. The molecule has 2 bridgehead atoms. The topological polar surface area (TPSA) is 39.7 Å². The second kappa shape index (κ2) is 7.64. The van der Waals surface area contributed by atoms with E-state index in [1.165, 1.54) is 17.7 Å². The van der Waals surface area contributed by atoms with Crippen molar-refractivity contribution in [3.63, 3.8) is 0 Å². The Morgan fingerprint density at radius 1 is 0.970 bits per heavy atom. The third-order valence-corrected chi connectivity index (χ3v) is 7.87. The van der Waals surface area contributed by atoms with Crippen LogP contribution in [-0.4, -0.2) is 30.7 Å². The maximum Gasteiger partial charge on any atom is 0.573 e. The fourth-order valence-electron chi connectivity index (χ4n) is 6.26. The molecular formula is C26H28F3NO3. The molecule has 1 N–H and O–H groups in total. The summed E-state index contributed by atoms with van der Waals surface area (Å²) in [4.78, 5) is 0. The van der Waals surface area contributed by atoms with Gasteiger partial charge in [-0.1, -0.05) is 30.3 Å². The lowest BCUT2D eigenvalue weighted by molar-refractivity contribution is -0.274. The van der Waals surface area contributed by atoms with Crippen LogP contribution >= 0.6 is 0 Å². The van der Waals surface area contributed by atoms with E-state index in [2.05, 4.69) is 34.3 Å². The zero-order chi connectivity index (χ0) is 22.7. The highest BCUT2D eigenvalue weighted by Gasteiger charge is 2.62. The van der Waals surface area contributed by atoms with Crippen molar-refractivity contribution in [3.05, 3.63) is 59.7 Å². The Labute approximate surface area is 191 Å². The molecule has 7 heteroatoms. The summed E-state index contributed by atoms with van der Waals surface area (Å²) in [7, 11) is 0. The molecule has 176 valence electrons. The molecule has 4 aliphatic rings. The lowest BCUT2D eigenvalue weighted by Gasteiger charge is -2.50. The van der Waals surface area contributed by atoms with Gasteiger partial charge < -0.3 is 19.5 Å². The Kier molecular flexibility index (Phi) is 4.93. The first-order valence-electron chi connectivity index (χ1n) is 11.9. The van der Waals surface area contributed by atoms with E-state index in [0.29, 0.717) is 18.4 Å². The summed E-state index contributed by atoms with van der Waals surface area (Å²) in [6.45, 7) is 0.456. The van der Waals surface area contributed by atoms with Crippen molar-refractivity contribution in [1.29, 1.82) is 0 Å². The van der Waals surface area contributed by atoms with Crippen molar-refractivity contribution < 1.29 is 27.4 Å². The molecule has 2 aromatic carbocycles. The molecular weight excluding hydrogens is 431 g/mol. The minimum absolute atomic E-state index is 0.0601. The van der Waals surface area contributed by atoms with Gasteiger partial charge in [-0.3, -0.25) is 0 Å². The molecule has 4 atom stereocenters. The van der Waals surface area contributed by atoms with Crippen LogP contribution in [0.15, 0.2) is 48.5 Å². The van der Waals surface area contributed by atoms with E-state index >= 15 is 0 Å². The molecule has 0 radical (unpaired) electrons. The van der Waals surface area contributed by atoms with Gasteiger partial charge in [-0.05, 0) is 68.7 Å². The summed E-state index contributed by atoms with van der Waals surface area (Å²) in [6.07, 6.45) is 2.20. The van der Waals surface area contributed by atoms with Crippen molar-refractivity contribution in [1.82, 2.24) is 5.32 Å². The Morgan fingerprint density at radius 2 is 1.76 bits per heavy atom. The van der Waals surface area contributed by atoms with Gasteiger partial charge in [0.1, 0.15) is 11.5 Å². The number of piperidine rings is 1. The fourth-order valence-corrected chi connectivity index (χ4v) is 6.26. The first-order chi connectivity index (χ1) is 15.9. The predicted molar refractivity (Wildman–Crippen MR) is 116 cm³/mol. The van der Waals surface area contributed by atoms with Crippen LogP contribution in [0.25, 0.3) is 0 Å². The number of alkyl halides is 3. The van der Waals surface area contributed by atoms with Crippen LogP contribution in [0.5, 0.6) is 11.5 Å². The second-order valence-electron chi connectivity index (χ2n) is 9.96. The summed E-state index contributed by atoms with van der Waals surface area (Å²) in [5.74, 6) is 0.386. The first kappa shape index (κ1) is 21.3. The Morgan fingerprint density at radius 3 is 2.52 bits per heavy atom. The highest BCUT2D eigenvalue weighted by Crippen LogP contribution is 2.58. The van der Waals surface area contributed by atoms with Crippen LogP contribution in [-0.2, 0) is 10.3 Å².